The summed E-state index contributed by atoms with van der Waals surface area (Å²) in [4.78, 5) is 20.4. The second kappa shape index (κ2) is 12.4. The van der Waals surface area contributed by atoms with Gasteiger partial charge in [0.2, 0.25) is 0 Å². The minimum atomic E-state index is -0.242. The van der Waals surface area contributed by atoms with Gasteiger partial charge in [0, 0.05) is 49.2 Å². The summed E-state index contributed by atoms with van der Waals surface area (Å²) in [5.74, 6) is 0.397. The number of piperidine rings is 1. The van der Waals surface area contributed by atoms with Crippen LogP contribution in [0.25, 0.3) is 16.9 Å². The number of halogens is 1. The van der Waals surface area contributed by atoms with Gasteiger partial charge in [-0.2, -0.15) is 0 Å². The number of imidazole rings is 1. The van der Waals surface area contributed by atoms with Crippen LogP contribution in [0.1, 0.15) is 48.2 Å². The molecule has 1 fully saturated rings. The first-order valence-corrected chi connectivity index (χ1v) is 14.3. The van der Waals surface area contributed by atoms with Crippen molar-refractivity contribution in [3.8, 4) is 17.0 Å². The largest absolute Gasteiger partial charge is 0.489 e. The third-order valence-corrected chi connectivity index (χ3v) is 7.63. The molecule has 1 amide bonds. The first-order valence-electron chi connectivity index (χ1n) is 14.0. The van der Waals surface area contributed by atoms with Crippen molar-refractivity contribution in [1.82, 2.24) is 19.6 Å². The smallest absolute Gasteiger partial charge is 0.251 e. The Balaban J connectivity index is 1.31. The molecule has 8 heteroatoms. The van der Waals surface area contributed by atoms with Crippen molar-refractivity contribution in [2.75, 3.05) is 19.6 Å². The monoisotopic (exact) mass is 560 g/mol. The van der Waals surface area contributed by atoms with Gasteiger partial charge in [0.05, 0.1) is 22.9 Å². The van der Waals surface area contributed by atoms with Crippen molar-refractivity contribution in [3.63, 3.8) is 0 Å². The Morgan fingerprint density at radius 3 is 2.58 bits per heavy atom. The second-order valence-corrected chi connectivity index (χ2v) is 11.4. The molecule has 0 bridgehead atoms. The highest BCUT2D eigenvalue weighted by molar-refractivity contribution is 6.32. The molecule has 0 radical (unpaired) electrons. The number of amides is 1. The second-order valence-electron chi connectivity index (χ2n) is 11.0. The predicted molar refractivity (Wildman–Crippen MR) is 159 cm³/mol. The number of ether oxygens (including phenoxy) is 1. The van der Waals surface area contributed by atoms with Crippen LogP contribution < -0.4 is 10.1 Å². The summed E-state index contributed by atoms with van der Waals surface area (Å²) in [6.07, 6.45) is 5.99. The molecular weight excluding hydrogens is 524 g/mol. The van der Waals surface area contributed by atoms with Crippen molar-refractivity contribution in [2.45, 2.75) is 58.3 Å². The molecule has 3 heterocycles. The summed E-state index contributed by atoms with van der Waals surface area (Å²) in [6, 6.07) is 17.5. The average Bonchev–Trinajstić information content (AvgIpc) is 3.37. The topological polar surface area (TPSA) is 79.1 Å². The molecule has 2 aromatic carbocycles. The van der Waals surface area contributed by atoms with Crippen LogP contribution in [0, 0.1) is 6.92 Å². The van der Waals surface area contributed by atoms with E-state index >= 15 is 0 Å². The molecule has 0 aliphatic carbocycles. The lowest BCUT2D eigenvalue weighted by Gasteiger charge is -2.33. The van der Waals surface area contributed by atoms with E-state index in [0.29, 0.717) is 29.3 Å². The van der Waals surface area contributed by atoms with E-state index in [0.717, 1.165) is 54.0 Å². The lowest BCUT2D eigenvalue weighted by Crippen LogP contribution is -2.47. The van der Waals surface area contributed by atoms with E-state index in [1.165, 1.54) is 0 Å². The molecule has 2 aromatic heterocycles. The number of aromatic nitrogens is 2. The summed E-state index contributed by atoms with van der Waals surface area (Å²) >= 11 is 6.41. The molecule has 4 aromatic rings. The van der Waals surface area contributed by atoms with E-state index < -0.39 is 0 Å². The first-order chi connectivity index (χ1) is 19.2. The molecule has 0 saturated carbocycles. The fraction of sp³-hybridized carbons (Fsp3) is 0.375. The number of carbonyl (C=O) groups excluding carboxylic acids is 1. The van der Waals surface area contributed by atoms with Gasteiger partial charge >= 0.3 is 0 Å². The van der Waals surface area contributed by atoms with Crippen LogP contribution in [0.15, 0.2) is 67.0 Å². The molecule has 1 saturated heterocycles. The fourth-order valence-corrected chi connectivity index (χ4v) is 5.45. The van der Waals surface area contributed by atoms with Gasteiger partial charge in [-0.1, -0.05) is 41.9 Å². The molecule has 2 N–H and O–H groups in total. The van der Waals surface area contributed by atoms with Crippen molar-refractivity contribution in [2.24, 2.45) is 0 Å². The standard InChI is InChI=1S/C32H37ClN4O3/c1-21(2)40-30-11-10-25(18-28(30)33)32(39)34-26(19-36-15-12-27(38)13-16-36)17-23-6-8-24(9-7-23)29-20-37-14-4-5-22(3)31(37)35-29/h4-11,14,18,20-21,26-27,38H,12-13,15-17,19H2,1-3H3,(H,34,39)/t26-/m0/s1. The van der Waals surface area contributed by atoms with E-state index in [1.807, 2.05) is 36.7 Å². The van der Waals surface area contributed by atoms with Gasteiger partial charge in [0.1, 0.15) is 11.4 Å². The van der Waals surface area contributed by atoms with Crippen LogP contribution in [0.5, 0.6) is 5.75 Å². The summed E-state index contributed by atoms with van der Waals surface area (Å²) in [6.45, 7) is 8.26. The third-order valence-electron chi connectivity index (χ3n) is 7.34. The van der Waals surface area contributed by atoms with Crippen LogP contribution >= 0.6 is 11.6 Å². The Kier molecular flexibility index (Phi) is 8.74. The maximum Gasteiger partial charge on any atom is 0.251 e. The maximum absolute atomic E-state index is 13.3. The van der Waals surface area contributed by atoms with Crippen molar-refractivity contribution >= 4 is 23.2 Å². The number of likely N-dealkylation sites (tertiary alicyclic amines) is 1. The fourth-order valence-electron chi connectivity index (χ4n) is 5.22. The van der Waals surface area contributed by atoms with E-state index in [2.05, 4.69) is 47.5 Å². The number of nitrogens with zero attached hydrogens (tertiary/aromatic N) is 3. The summed E-state index contributed by atoms with van der Waals surface area (Å²) in [5.41, 5.74) is 5.70. The Hall–Kier alpha value is -3.39. The summed E-state index contributed by atoms with van der Waals surface area (Å²) in [5, 5.41) is 13.6. The lowest BCUT2D eigenvalue weighted by atomic mass is 10.0. The van der Waals surface area contributed by atoms with Gasteiger partial charge in [-0.3, -0.25) is 4.79 Å². The van der Waals surface area contributed by atoms with E-state index in [4.69, 9.17) is 21.3 Å². The zero-order valence-electron chi connectivity index (χ0n) is 23.3. The number of pyridine rings is 1. The minimum Gasteiger partial charge on any atom is -0.489 e. The van der Waals surface area contributed by atoms with E-state index in [9.17, 15) is 9.90 Å². The van der Waals surface area contributed by atoms with Crippen molar-refractivity contribution < 1.29 is 14.6 Å². The zero-order chi connectivity index (χ0) is 28.2. The maximum atomic E-state index is 13.3. The highest BCUT2D eigenvalue weighted by Crippen LogP contribution is 2.27. The molecule has 0 spiro atoms. The van der Waals surface area contributed by atoms with Gasteiger partial charge in [-0.25, -0.2) is 4.98 Å². The summed E-state index contributed by atoms with van der Waals surface area (Å²) < 4.78 is 7.77. The van der Waals surface area contributed by atoms with E-state index in [1.54, 1.807) is 18.2 Å². The number of rotatable bonds is 9. The number of aliphatic hydroxyl groups is 1. The zero-order valence-corrected chi connectivity index (χ0v) is 24.1. The van der Waals surface area contributed by atoms with Gasteiger partial charge in [0.15, 0.2) is 0 Å². The molecule has 1 atom stereocenters. The Bertz CT molecular complexity index is 1460. The first kappa shape index (κ1) is 28.1. The van der Waals surface area contributed by atoms with Crippen LogP contribution in [-0.4, -0.2) is 63.2 Å². The highest BCUT2D eigenvalue weighted by atomic mass is 35.5. The van der Waals surface area contributed by atoms with Crippen LogP contribution in [-0.2, 0) is 6.42 Å². The number of hydrogen-bond acceptors (Lipinski definition) is 5. The molecule has 7 nitrogen and oxygen atoms in total. The number of hydrogen-bond donors (Lipinski definition) is 2. The Morgan fingerprint density at radius 2 is 1.90 bits per heavy atom. The number of benzene rings is 2. The molecule has 210 valence electrons. The molecule has 40 heavy (non-hydrogen) atoms. The molecular formula is C32H37ClN4O3. The van der Waals surface area contributed by atoms with Crippen LogP contribution in [0.4, 0.5) is 0 Å². The van der Waals surface area contributed by atoms with Crippen LogP contribution in [0.3, 0.4) is 0 Å². The Labute approximate surface area is 240 Å². The molecule has 1 aliphatic heterocycles. The number of aliphatic hydroxyl groups excluding tert-OH is 1. The quantitative estimate of drug-likeness (QED) is 0.281. The van der Waals surface area contributed by atoms with Gasteiger partial charge < -0.3 is 24.5 Å². The lowest BCUT2D eigenvalue weighted by molar-refractivity contribution is 0.0741. The molecule has 5 rings (SSSR count). The number of fused-ring (bicyclic) bond motifs is 1. The number of aryl methyl sites for hydroxylation is 1. The summed E-state index contributed by atoms with van der Waals surface area (Å²) in [7, 11) is 0. The average molecular weight is 561 g/mol. The number of nitrogens with one attached hydrogen (secondary N) is 1. The third kappa shape index (κ3) is 6.84. The predicted octanol–water partition coefficient (Wildman–Crippen LogP) is 5.55. The SMILES string of the molecule is Cc1cccn2cc(-c3ccc(C[C@@H](CN4CCC(O)CC4)NC(=O)c4ccc(OC(C)C)c(Cl)c4)cc3)nc12. The van der Waals surface area contributed by atoms with Crippen molar-refractivity contribution in [3.05, 3.63) is 88.7 Å². The minimum absolute atomic E-state index is 0.00664. The Morgan fingerprint density at radius 1 is 1.15 bits per heavy atom. The van der Waals surface area contributed by atoms with Crippen molar-refractivity contribution in [1.29, 1.82) is 0 Å². The number of carbonyl (C=O) groups is 1. The van der Waals surface area contributed by atoms with Crippen LogP contribution in [0.2, 0.25) is 5.02 Å². The highest BCUT2D eigenvalue weighted by Gasteiger charge is 2.23. The van der Waals surface area contributed by atoms with E-state index in [-0.39, 0.29) is 24.2 Å². The molecule has 1 aliphatic rings. The molecule has 0 unspecified atom stereocenters. The normalized spacial score (nSPS) is 15.4. The van der Waals surface area contributed by atoms with Gasteiger partial charge in [-0.05, 0) is 75.4 Å². The van der Waals surface area contributed by atoms with Gasteiger partial charge in [-0.15, -0.1) is 0 Å². The van der Waals surface area contributed by atoms with Gasteiger partial charge in [0.25, 0.3) is 5.91 Å².